The second-order valence-corrected chi connectivity index (χ2v) is 8.38. The van der Waals surface area contributed by atoms with Crippen molar-refractivity contribution in [1.29, 1.82) is 0 Å². The van der Waals surface area contributed by atoms with Crippen LogP contribution in [0.4, 0.5) is 0 Å². The number of amides is 1. The number of esters is 1. The normalized spacial score (nSPS) is 13.9. The van der Waals surface area contributed by atoms with Gasteiger partial charge in [-0.15, -0.1) is 0 Å². The highest BCUT2D eigenvalue weighted by molar-refractivity contribution is 6.18. The fraction of sp³-hybridized carbons (Fsp3) is 0.520. The minimum Gasteiger partial charge on any atom is -0.459 e. The molecule has 162 valence electrons. The van der Waals surface area contributed by atoms with Crippen molar-refractivity contribution in [3.63, 3.8) is 0 Å². The smallest absolute Gasteiger partial charge is 0.342 e. The molecule has 0 spiro atoms. The van der Waals surface area contributed by atoms with Gasteiger partial charge in [0.1, 0.15) is 0 Å². The second kappa shape index (κ2) is 10.5. The first-order valence-electron chi connectivity index (χ1n) is 11.3. The Kier molecular flexibility index (Phi) is 7.72. The second-order valence-electron chi connectivity index (χ2n) is 8.38. The number of ether oxygens (including phenoxy) is 1. The third-order valence-corrected chi connectivity index (χ3v) is 5.60. The number of para-hydroxylation sites is 1. The highest BCUT2D eigenvalue weighted by Crippen LogP contribution is 2.31. The Morgan fingerprint density at radius 1 is 1.10 bits per heavy atom. The summed E-state index contributed by atoms with van der Waals surface area (Å²) in [5.74, 6) is -0.313. The van der Waals surface area contributed by atoms with Gasteiger partial charge in [0.2, 0.25) is 5.91 Å². The van der Waals surface area contributed by atoms with Crippen LogP contribution in [0.1, 0.15) is 77.0 Å². The van der Waals surface area contributed by atoms with Gasteiger partial charge in [-0.1, -0.05) is 57.2 Å². The molecule has 0 atom stereocenters. The van der Waals surface area contributed by atoms with E-state index < -0.39 is 5.97 Å². The Labute approximate surface area is 179 Å². The monoisotopic (exact) mass is 410 g/mol. The third-order valence-electron chi connectivity index (χ3n) is 5.60. The number of unbranched alkanes of at least 4 members (excludes halogenated alkanes) is 5. The number of nitrogens with zero attached hydrogens (tertiary/aromatic N) is 1. The highest BCUT2D eigenvalue weighted by Gasteiger charge is 2.27. The molecule has 0 saturated carbocycles. The van der Waals surface area contributed by atoms with Crippen molar-refractivity contribution >= 4 is 28.4 Å². The zero-order valence-corrected chi connectivity index (χ0v) is 18.5. The maximum Gasteiger partial charge on any atom is 0.342 e. The molecular weight excluding hydrogens is 376 g/mol. The lowest BCUT2D eigenvalue weighted by atomic mass is 10.0. The van der Waals surface area contributed by atoms with E-state index >= 15 is 0 Å². The van der Waals surface area contributed by atoms with Gasteiger partial charge in [0.05, 0.1) is 17.4 Å². The molecule has 5 heteroatoms. The Balaban J connectivity index is 1.79. The lowest BCUT2D eigenvalue weighted by molar-refractivity contribution is -0.140. The van der Waals surface area contributed by atoms with Crippen LogP contribution in [0.15, 0.2) is 30.5 Å². The first-order valence-corrected chi connectivity index (χ1v) is 11.3. The molecule has 1 N–H and O–H groups in total. The van der Waals surface area contributed by atoms with Crippen LogP contribution in [0, 0.1) is 0 Å². The average Bonchev–Trinajstić information content (AvgIpc) is 2.97. The number of aromatic amines is 1. The van der Waals surface area contributed by atoms with Crippen molar-refractivity contribution in [3.05, 3.63) is 41.7 Å². The van der Waals surface area contributed by atoms with Crippen LogP contribution in [-0.2, 0) is 20.7 Å². The summed E-state index contributed by atoms with van der Waals surface area (Å²) < 4.78 is 5.50. The zero-order chi connectivity index (χ0) is 21.5. The quantitative estimate of drug-likeness (QED) is 0.433. The van der Waals surface area contributed by atoms with Gasteiger partial charge in [-0.2, -0.15) is 0 Å². The maximum atomic E-state index is 12.9. The van der Waals surface area contributed by atoms with E-state index in [4.69, 9.17) is 4.74 Å². The molecule has 1 aliphatic heterocycles. The summed E-state index contributed by atoms with van der Waals surface area (Å²) in [6.45, 7) is 6.45. The lowest BCUT2D eigenvalue weighted by Gasteiger charge is -2.18. The Hall–Kier alpha value is -2.56. The van der Waals surface area contributed by atoms with Crippen molar-refractivity contribution in [2.45, 2.75) is 78.2 Å². The van der Waals surface area contributed by atoms with Crippen molar-refractivity contribution in [2.24, 2.45) is 0 Å². The molecule has 0 unspecified atom stereocenters. The molecule has 0 radical (unpaired) electrons. The van der Waals surface area contributed by atoms with E-state index in [0.29, 0.717) is 25.0 Å². The standard InChI is InChI=1S/C25H34N2O3/c1-4-5-6-7-8-9-14-23(28)27-16-15-20-19-12-10-11-13-22(19)26-24(20)21(17-27)25(29)30-18(2)3/h10-13,17-18,26H,4-9,14-16H2,1-3H3. The average molecular weight is 411 g/mol. The number of aromatic nitrogens is 1. The number of benzene rings is 1. The fourth-order valence-electron chi connectivity index (χ4n) is 4.04. The van der Waals surface area contributed by atoms with E-state index in [2.05, 4.69) is 18.0 Å². The highest BCUT2D eigenvalue weighted by atomic mass is 16.5. The summed E-state index contributed by atoms with van der Waals surface area (Å²) in [5, 5.41) is 1.10. The van der Waals surface area contributed by atoms with Gasteiger partial charge in [0.15, 0.2) is 0 Å². The van der Waals surface area contributed by atoms with Gasteiger partial charge in [-0.25, -0.2) is 4.79 Å². The minimum atomic E-state index is -0.392. The van der Waals surface area contributed by atoms with E-state index in [1.54, 1.807) is 11.1 Å². The number of H-pyrrole nitrogens is 1. The molecule has 1 aromatic carbocycles. The van der Waals surface area contributed by atoms with Crippen molar-refractivity contribution in [1.82, 2.24) is 9.88 Å². The topological polar surface area (TPSA) is 62.4 Å². The summed E-state index contributed by atoms with van der Waals surface area (Å²) in [6.07, 6.45) is 9.58. The van der Waals surface area contributed by atoms with Gasteiger partial charge >= 0.3 is 5.97 Å². The maximum absolute atomic E-state index is 12.9. The molecule has 0 saturated heterocycles. The Morgan fingerprint density at radius 2 is 1.83 bits per heavy atom. The van der Waals surface area contributed by atoms with Crippen LogP contribution < -0.4 is 0 Å². The zero-order valence-electron chi connectivity index (χ0n) is 18.5. The summed E-state index contributed by atoms with van der Waals surface area (Å²) in [5.41, 5.74) is 3.28. The Morgan fingerprint density at radius 3 is 2.60 bits per heavy atom. The number of nitrogens with one attached hydrogen (secondary N) is 1. The largest absolute Gasteiger partial charge is 0.459 e. The van der Waals surface area contributed by atoms with Crippen LogP contribution in [0.5, 0.6) is 0 Å². The van der Waals surface area contributed by atoms with Crippen LogP contribution in [0.25, 0.3) is 16.5 Å². The number of rotatable bonds is 9. The molecule has 0 bridgehead atoms. The first kappa shape index (κ1) is 22.1. The predicted molar refractivity (Wildman–Crippen MR) is 121 cm³/mol. The number of carbonyl (C=O) groups excluding carboxylic acids is 2. The summed E-state index contributed by atoms with van der Waals surface area (Å²) >= 11 is 0. The molecule has 5 nitrogen and oxygen atoms in total. The molecule has 0 aliphatic carbocycles. The van der Waals surface area contributed by atoms with E-state index in [9.17, 15) is 9.59 Å². The van der Waals surface area contributed by atoms with Gasteiger partial charge in [-0.3, -0.25) is 4.79 Å². The number of fused-ring (bicyclic) bond motifs is 3. The van der Waals surface area contributed by atoms with Gasteiger partial charge < -0.3 is 14.6 Å². The van der Waals surface area contributed by atoms with E-state index in [-0.39, 0.29) is 12.0 Å². The molecule has 1 aromatic heterocycles. The molecule has 1 amide bonds. The number of hydrogen-bond donors (Lipinski definition) is 1. The SMILES string of the molecule is CCCCCCCCC(=O)N1C=C(C(=O)OC(C)C)c2[nH]c3ccccc3c2CC1. The summed E-state index contributed by atoms with van der Waals surface area (Å²) in [4.78, 5) is 30.9. The predicted octanol–water partition coefficient (Wildman–Crippen LogP) is 5.60. The third kappa shape index (κ3) is 5.32. The molecular formula is C25H34N2O3. The molecule has 2 aromatic rings. The van der Waals surface area contributed by atoms with Gasteiger partial charge in [-0.05, 0) is 38.3 Å². The molecule has 0 fully saturated rings. The van der Waals surface area contributed by atoms with E-state index in [0.717, 1.165) is 35.0 Å². The number of carbonyl (C=O) groups is 2. The Bertz CT molecular complexity index is 910. The van der Waals surface area contributed by atoms with Crippen LogP contribution in [-0.4, -0.2) is 34.4 Å². The van der Waals surface area contributed by atoms with Crippen LogP contribution >= 0.6 is 0 Å². The van der Waals surface area contributed by atoms with Crippen molar-refractivity contribution in [2.75, 3.05) is 6.54 Å². The van der Waals surface area contributed by atoms with Gasteiger partial charge in [0, 0.05) is 30.1 Å². The summed E-state index contributed by atoms with van der Waals surface area (Å²) in [6, 6.07) is 8.05. The minimum absolute atomic E-state index is 0.0785. The first-order chi connectivity index (χ1) is 14.5. The number of hydrogen-bond acceptors (Lipinski definition) is 3. The summed E-state index contributed by atoms with van der Waals surface area (Å²) in [7, 11) is 0. The van der Waals surface area contributed by atoms with Crippen molar-refractivity contribution in [3.8, 4) is 0 Å². The van der Waals surface area contributed by atoms with E-state index in [1.165, 1.54) is 25.7 Å². The lowest BCUT2D eigenvalue weighted by Crippen LogP contribution is -2.27. The fourth-order valence-corrected chi connectivity index (χ4v) is 4.04. The molecule has 30 heavy (non-hydrogen) atoms. The van der Waals surface area contributed by atoms with Crippen molar-refractivity contribution < 1.29 is 14.3 Å². The van der Waals surface area contributed by atoms with E-state index in [1.807, 2.05) is 32.0 Å². The molecule has 1 aliphatic rings. The molecule has 3 rings (SSSR count). The molecule has 2 heterocycles. The van der Waals surface area contributed by atoms with Crippen LogP contribution in [0.3, 0.4) is 0 Å². The van der Waals surface area contributed by atoms with Gasteiger partial charge in [0.25, 0.3) is 0 Å². The van der Waals surface area contributed by atoms with Crippen LogP contribution in [0.2, 0.25) is 0 Å².